The van der Waals surface area contributed by atoms with Gasteiger partial charge in [-0.25, -0.2) is 4.79 Å². The molecule has 0 radical (unpaired) electrons. The second kappa shape index (κ2) is 8.16. The minimum atomic E-state index is -0.177. The molecule has 4 heteroatoms. The first-order valence-corrected chi connectivity index (χ1v) is 5.87. The number of carbonyl (C=O) groups is 1. The molecule has 16 heavy (non-hydrogen) atoms. The summed E-state index contributed by atoms with van der Waals surface area (Å²) in [4.78, 5) is 11.4. The highest BCUT2D eigenvalue weighted by Crippen LogP contribution is 2.29. The van der Waals surface area contributed by atoms with E-state index in [2.05, 4.69) is 31.1 Å². The Bertz CT molecular complexity index is 213. The third kappa shape index (κ3) is 5.16. The third-order valence-corrected chi connectivity index (χ3v) is 3.17. The lowest BCUT2D eigenvalue weighted by Crippen LogP contribution is -2.42. The number of rotatable bonds is 8. The van der Waals surface area contributed by atoms with Crippen LogP contribution in [0.5, 0.6) is 0 Å². The molecule has 0 aromatic rings. The molecule has 0 saturated carbocycles. The predicted octanol–water partition coefficient (Wildman–Crippen LogP) is 1.66. The maximum atomic E-state index is 11.4. The van der Waals surface area contributed by atoms with Gasteiger partial charge in [0.1, 0.15) is 0 Å². The molecule has 0 atom stereocenters. The zero-order valence-electron chi connectivity index (χ0n) is 10.4. The quantitative estimate of drug-likeness (QED) is 0.553. The highest BCUT2D eigenvalue weighted by Gasteiger charge is 2.25. The first kappa shape index (κ1) is 15.0. The number of aliphatic hydroxyl groups is 1. The Labute approximate surface area is 98.1 Å². The van der Waals surface area contributed by atoms with Crippen molar-refractivity contribution in [1.29, 1.82) is 0 Å². The van der Waals surface area contributed by atoms with Crippen molar-refractivity contribution in [1.82, 2.24) is 10.6 Å². The summed E-state index contributed by atoms with van der Waals surface area (Å²) in [6, 6.07) is -0.177. The number of amides is 2. The minimum absolute atomic E-state index is 0.0142. The van der Waals surface area contributed by atoms with Crippen LogP contribution < -0.4 is 10.6 Å². The van der Waals surface area contributed by atoms with E-state index >= 15 is 0 Å². The fourth-order valence-electron chi connectivity index (χ4n) is 1.67. The van der Waals surface area contributed by atoms with E-state index in [4.69, 9.17) is 5.11 Å². The molecule has 0 aliphatic carbocycles. The van der Waals surface area contributed by atoms with Crippen LogP contribution in [0, 0.1) is 5.41 Å². The molecule has 94 valence electrons. The van der Waals surface area contributed by atoms with Crippen LogP contribution in [0.3, 0.4) is 0 Å². The largest absolute Gasteiger partial charge is 0.396 e. The van der Waals surface area contributed by atoms with E-state index in [1.807, 2.05) is 0 Å². The van der Waals surface area contributed by atoms with Crippen molar-refractivity contribution in [3.05, 3.63) is 12.7 Å². The Kier molecular flexibility index (Phi) is 7.64. The van der Waals surface area contributed by atoms with Crippen molar-refractivity contribution < 1.29 is 9.90 Å². The number of nitrogens with one attached hydrogen (secondary N) is 2. The van der Waals surface area contributed by atoms with E-state index in [0.717, 1.165) is 19.3 Å². The lowest BCUT2D eigenvalue weighted by atomic mass is 9.79. The van der Waals surface area contributed by atoms with Crippen LogP contribution in [0.4, 0.5) is 4.79 Å². The van der Waals surface area contributed by atoms with Gasteiger partial charge in [-0.05, 0) is 24.7 Å². The summed E-state index contributed by atoms with van der Waals surface area (Å²) in [5.41, 5.74) is 0.0142. The molecule has 2 amide bonds. The summed E-state index contributed by atoms with van der Waals surface area (Å²) < 4.78 is 0. The molecule has 0 aromatic carbocycles. The first-order valence-electron chi connectivity index (χ1n) is 5.87. The molecule has 4 nitrogen and oxygen atoms in total. The normalized spacial score (nSPS) is 10.9. The highest BCUT2D eigenvalue weighted by molar-refractivity contribution is 5.73. The minimum Gasteiger partial charge on any atom is -0.396 e. The van der Waals surface area contributed by atoms with Crippen LogP contribution in [-0.2, 0) is 0 Å². The standard InChI is InChI=1S/C12H24N2O2/c1-4-8-13-11(16)14-10-12(5-2,6-3)7-9-15/h4,15H,1,5-10H2,2-3H3,(H2,13,14,16). The molecule has 0 unspecified atom stereocenters. The van der Waals surface area contributed by atoms with Crippen molar-refractivity contribution >= 4 is 6.03 Å². The van der Waals surface area contributed by atoms with Crippen LogP contribution >= 0.6 is 0 Å². The molecule has 0 aliphatic heterocycles. The summed E-state index contributed by atoms with van der Waals surface area (Å²) in [5, 5.41) is 14.5. The monoisotopic (exact) mass is 228 g/mol. The predicted molar refractivity (Wildman–Crippen MR) is 66.3 cm³/mol. The third-order valence-electron chi connectivity index (χ3n) is 3.17. The zero-order valence-corrected chi connectivity index (χ0v) is 10.4. The Balaban J connectivity index is 4.09. The molecule has 0 fully saturated rings. The van der Waals surface area contributed by atoms with Gasteiger partial charge < -0.3 is 15.7 Å². The van der Waals surface area contributed by atoms with Crippen molar-refractivity contribution in [2.75, 3.05) is 19.7 Å². The molecular formula is C12H24N2O2. The van der Waals surface area contributed by atoms with E-state index in [1.54, 1.807) is 6.08 Å². The van der Waals surface area contributed by atoms with Gasteiger partial charge in [0.2, 0.25) is 0 Å². The van der Waals surface area contributed by atoms with Crippen LogP contribution in [0.1, 0.15) is 33.1 Å². The lowest BCUT2D eigenvalue weighted by molar-refractivity contribution is 0.163. The van der Waals surface area contributed by atoms with Crippen LogP contribution in [-0.4, -0.2) is 30.8 Å². The van der Waals surface area contributed by atoms with Crippen molar-refractivity contribution in [3.63, 3.8) is 0 Å². The smallest absolute Gasteiger partial charge is 0.315 e. The van der Waals surface area contributed by atoms with Crippen LogP contribution in [0.15, 0.2) is 12.7 Å². The first-order chi connectivity index (χ1) is 7.64. The SMILES string of the molecule is C=CCNC(=O)NCC(CC)(CC)CCO. The summed E-state index contributed by atoms with van der Waals surface area (Å²) in [7, 11) is 0. The maximum Gasteiger partial charge on any atom is 0.315 e. The van der Waals surface area contributed by atoms with Gasteiger partial charge in [-0.3, -0.25) is 0 Å². The fraction of sp³-hybridized carbons (Fsp3) is 0.750. The molecule has 0 heterocycles. The van der Waals surface area contributed by atoms with Gasteiger partial charge >= 0.3 is 6.03 Å². The summed E-state index contributed by atoms with van der Waals surface area (Å²) >= 11 is 0. The summed E-state index contributed by atoms with van der Waals surface area (Å²) in [6.45, 7) is 8.93. The second-order valence-corrected chi connectivity index (χ2v) is 4.03. The Morgan fingerprint density at radius 3 is 2.44 bits per heavy atom. The zero-order chi connectivity index (χ0) is 12.4. The molecular weight excluding hydrogens is 204 g/mol. The van der Waals surface area contributed by atoms with E-state index < -0.39 is 0 Å². The highest BCUT2D eigenvalue weighted by atomic mass is 16.3. The molecule has 0 bridgehead atoms. The van der Waals surface area contributed by atoms with Gasteiger partial charge in [0.05, 0.1) is 0 Å². The van der Waals surface area contributed by atoms with E-state index in [1.165, 1.54) is 0 Å². The molecule has 0 spiro atoms. The molecule has 0 aliphatic rings. The van der Waals surface area contributed by atoms with Gasteiger partial charge in [-0.1, -0.05) is 19.9 Å². The van der Waals surface area contributed by atoms with Crippen LogP contribution in [0.25, 0.3) is 0 Å². The van der Waals surface area contributed by atoms with Crippen molar-refractivity contribution in [3.8, 4) is 0 Å². The van der Waals surface area contributed by atoms with Gasteiger partial charge in [0.15, 0.2) is 0 Å². The number of aliphatic hydroxyl groups excluding tert-OH is 1. The number of hydrogen-bond acceptors (Lipinski definition) is 2. The van der Waals surface area contributed by atoms with E-state index in [0.29, 0.717) is 13.1 Å². The van der Waals surface area contributed by atoms with Gasteiger partial charge in [0, 0.05) is 19.7 Å². The van der Waals surface area contributed by atoms with Crippen LogP contribution in [0.2, 0.25) is 0 Å². The van der Waals surface area contributed by atoms with E-state index in [9.17, 15) is 4.79 Å². The molecule has 0 saturated heterocycles. The lowest BCUT2D eigenvalue weighted by Gasteiger charge is -2.31. The Morgan fingerprint density at radius 2 is 2.00 bits per heavy atom. The van der Waals surface area contributed by atoms with Crippen molar-refractivity contribution in [2.45, 2.75) is 33.1 Å². The van der Waals surface area contributed by atoms with Crippen molar-refractivity contribution in [2.24, 2.45) is 5.41 Å². The molecule has 0 aromatic heterocycles. The summed E-state index contributed by atoms with van der Waals surface area (Å²) in [5.74, 6) is 0. The summed E-state index contributed by atoms with van der Waals surface area (Å²) in [6.07, 6.45) is 4.26. The topological polar surface area (TPSA) is 61.4 Å². The fourth-order valence-corrected chi connectivity index (χ4v) is 1.67. The van der Waals surface area contributed by atoms with E-state index in [-0.39, 0.29) is 18.1 Å². The van der Waals surface area contributed by atoms with Gasteiger partial charge in [-0.15, -0.1) is 6.58 Å². The van der Waals surface area contributed by atoms with Gasteiger partial charge in [0.25, 0.3) is 0 Å². The Hall–Kier alpha value is -1.03. The van der Waals surface area contributed by atoms with Gasteiger partial charge in [-0.2, -0.15) is 0 Å². The average molecular weight is 228 g/mol. The number of carbonyl (C=O) groups excluding carboxylic acids is 1. The maximum absolute atomic E-state index is 11.4. The number of hydrogen-bond donors (Lipinski definition) is 3. The second-order valence-electron chi connectivity index (χ2n) is 4.03. The average Bonchev–Trinajstić information content (AvgIpc) is 2.32. The molecule has 3 N–H and O–H groups in total. The Morgan fingerprint density at radius 1 is 1.38 bits per heavy atom. The molecule has 0 rings (SSSR count). The number of urea groups is 1.